The van der Waals surface area contributed by atoms with Crippen molar-refractivity contribution in [3.8, 4) is 0 Å². The van der Waals surface area contributed by atoms with E-state index in [4.69, 9.17) is 0 Å². The Morgan fingerprint density at radius 1 is 1.21 bits per heavy atom. The predicted molar refractivity (Wildman–Crippen MR) is 88.1 cm³/mol. The number of carbonyl (C=O) groups is 2. The van der Waals surface area contributed by atoms with Crippen LogP contribution in [0.15, 0.2) is 43.0 Å². The smallest absolute Gasteiger partial charge is 0.240 e. The average Bonchev–Trinajstić information content (AvgIpc) is 3.26. The number of nitrogens with zero attached hydrogens (tertiary/aromatic N) is 3. The Balaban J connectivity index is 1.35. The van der Waals surface area contributed by atoms with Gasteiger partial charge in [-0.3, -0.25) is 9.59 Å². The minimum atomic E-state index is -0.0998. The number of rotatable bonds is 4. The maximum absolute atomic E-state index is 12.4. The molecule has 1 aliphatic heterocycles. The summed E-state index contributed by atoms with van der Waals surface area (Å²) in [7, 11) is 0. The number of carbonyl (C=O) groups excluding carboxylic acids is 2. The Hall–Kier alpha value is -2.63. The van der Waals surface area contributed by atoms with Gasteiger partial charge in [-0.15, -0.1) is 0 Å². The van der Waals surface area contributed by atoms with Crippen molar-refractivity contribution in [2.45, 2.75) is 37.9 Å². The highest BCUT2D eigenvalue weighted by Crippen LogP contribution is 2.28. The molecule has 1 fully saturated rings. The van der Waals surface area contributed by atoms with Crippen molar-refractivity contribution >= 4 is 11.8 Å². The molecule has 0 saturated carbocycles. The first kappa shape index (κ1) is 14.9. The number of aromatic nitrogens is 2. The molecular weight excluding hydrogens is 304 g/mol. The van der Waals surface area contributed by atoms with Crippen LogP contribution in [0.2, 0.25) is 0 Å². The predicted octanol–water partition coefficient (Wildman–Crippen LogP) is 0.768. The fraction of sp³-hybridized carbons (Fsp3) is 0.389. The van der Waals surface area contributed by atoms with Gasteiger partial charge in [0.1, 0.15) is 6.54 Å². The topological polar surface area (TPSA) is 67.2 Å². The lowest BCUT2D eigenvalue weighted by Crippen LogP contribution is -2.41. The van der Waals surface area contributed by atoms with Crippen LogP contribution in [-0.2, 0) is 29.0 Å². The normalized spacial score (nSPS) is 20.4. The number of imidazole rings is 1. The Morgan fingerprint density at radius 3 is 2.62 bits per heavy atom. The van der Waals surface area contributed by atoms with Gasteiger partial charge >= 0.3 is 0 Å². The first-order chi connectivity index (χ1) is 11.7. The van der Waals surface area contributed by atoms with Crippen LogP contribution in [0.5, 0.6) is 0 Å². The number of likely N-dealkylation sites (tertiary alicyclic amines) is 1. The summed E-state index contributed by atoms with van der Waals surface area (Å²) in [6, 6.07) is 8.50. The molecule has 6 nitrogen and oxygen atoms in total. The van der Waals surface area contributed by atoms with E-state index in [0.29, 0.717) is 13.0 Å². The fourth-order valence-electron chi connectivity index (χ4n) is 3.76. The molecule has 2 aromatic rings. The third kappa shape index (κ3) is 2.91. The SMILES string of the molecule is O=C(Cn1ccnc1)NC1CC(=O)N(C2Cc3ccccc3C2)C1. The van der Waals surface area contributed by atoms with Crippen LogP contribution in [0.3, 0.4) is 0 Å². The van der Waals surface area contributed by atoms with Crippen LogP contribution >= 0.6 is 0 Å². The lowest BCUT2D eigenvalue weighted by Gasteiger charge is -2.24. The highest BCUT2D eigenvalue weighted by atomic mass is 16.2. The van der Waals surface area contributed by atoms with E-state index in [9.17, 15) is 9.59 Å². The van der Waals surface area contributed by atoms with Gasteiger partial charge in [0.05, 0.1) is 12.4 Å². The molecule has 0 bridgehead atoms. The molecule has 6 heteroatoms. The van der Waals surface area contributed by atoms with E-state index >= 15 is 0 Å². The highest BCUT2D eigenvalue weighted by molar-refractivity contribution is 5.82. The van der Waals surface area contributed by atoms with Gasteiger partial charge in [-0.25, -0.2) is 4.98 Å². The van der Waals surface area contributed by atoms with Crippen molar-refractivity contribution in [1.82, 2.24) is 19.8 Å². The summed E-state index contributed by atoms with van der Waals surface area (Å²) in [5.74, 6) is 0.0584. The summed E-state index contributed by atoms with van der Waals surface area (Å²) in [5.41, 5.74) is 2.67. The first-order valence-corrected chi connectivity index (χ1v) is 8.30. The van der Waals surface area contributed by atoms with Crippen molar-refractivity contribution in [3.63, 3.8) is 0 Å². The van der Waals surface area contributed by atoms with Crippen LogP contribution in [-0.4, -0.2) is 44.9 Å². The summed E-state index contributed by atoms with van der Waals surface area (Å²) >= 11 is 0. The number of hydrogen-bond donors (Lipinski definition) is 1. The molecule has 1 atom stereocenters. The Kier molecular flexibility index (Phi) is 3.80. The second kappa shape index (κ2) is 6.11. The van der Waals surface area contributed by atoms with Crippen LogP contribution in [0.1, 0.15) is 17.5 Å². The lowest BCUT2D eigenvalue weighted by atomic mass is 10.1. The van der Waals surface area contributed by atoms with E-state index in [1.165, 1.54) is 11.1 Å². The molecule has 2 amide bonds. The Labute approximate surface area is 140 Å². The van der Waals surface area contributed by atoms with E-state index in [1.807, 2.05) is 17.0 Å². The zero-order chi connectivity index (χ0) is 16.5. The largest absolute Gasteiger partial charge is 0.350 e. The fourth-order valence-corrected chi connectivity index (χ4v) is 3.76. The van der Waals surface area contributed by atoms with Crippen molar-refractivity contribution < 1.29 is 9.59 Å². The molecule has 24 heavy (non-hydrogen) atoms. The van der Waals surface area contributed by atoms with Crippen molar-refractivity contribution in [2.24, 2.45) is 0 Å². The number of amides is 2. The van der Waals surface area contributed by atoms with Gasteiger partial charge in [0.2, 0.25) is 11.8 Å². The van der Waals surface area contributed by atoms with Crippen LogP contribution in [0, 0.1) is 0 Å². The number of nitrogens with one attached hydrogen (secondary N) is 1. The molecular formula is C18H20N4O2. The molecule has 4 rings (SSSR count). The average molecular weight is 324 g/mol. The summed E-state index contributed by atoms with van der Waals surface area (Å²) < 4.78 is 1.72. The second-order valence-corrected chi connectivity index (χ2v) is 6.58. The van der Waals surface area contributed by atoms with Crippen LogP contribution < -0.4 is 5.32 Å². The van der Waals surface area contributed by atoms with E-state index in [1.54, 1.807) is 23.3 Å². The lowest BCUT2D eigenvalue weighted by molar-refractivity contribution is -0.129. The Morgan fingerprint density at radius 2 is 1.96 bits per heavy atom. The van der Waals surface area contributed by atoms with Gasteiger partial charge in [0, 0.05) is 31.4 Å². The first-order valence-electron chi connectivity index (χ1n) is 8.30. The third-order valence-electron chi connectivity index (χ3n) is 4.88. The molecule has 2 heterocycles. The van der Waals surface area contributed by atoms with Crippen molar-refractivity contribution in [2.75, 3.05) is 6.54 Å². The van der Waals surface area contributed by atoms with Gasteiger partial charge in [0.25, 0.3) is 0 Å². The second-order valence-electron chi connectivity index (χ2n) is 6.58. The summed E-state index contributed by atoms with van der Waals surface area (Å²) in [4.78, 5) is 30.3. The van der Waals surface area contributed by atoms with E-state index in [0.717, 1.165) is 12.8 Å². The monoisotopic (exact) mass is 324 g/mol. The Bertz CT molecular complexity index is 731. The maximum atomic E-state index is 12.4. The van der Waals surface area contributed by atoms with E-state index in [2.05, 4.69) is 22.4 Å². The molecule has 0 radical (unpaired) electrons. The van der Waals surface area contributed by atoms with Gasteiger partial charge < -0.3 is 14.8 Å². The molecule has 1 saturated heterocycles. The molecule has 1 unspecified atom stereocenters. The van der Waals surface area contributed by atoms with Crippen LogP contribution in [0.25, 0.3) is 0 Å². The zero-order valence-electron chi connectivity index (χ0n) is 13.4. The van der Waals surface area contributed by atoms with Crippen LogP contribution in [0.4, 0.5) is 0 Å². The number of fused-ring (bicyclic) bond motifs is 1. The molecule has 124 valence electrons. The summed E-state index contributed by atoms with van der Waals surface area (Å²) in [6.45, 7) is 0.840. The maximum Gasteiger partial charge on any atom is 0.240 e. The minimum Gasteiger partial charge on any atom is -0.350 e. The van der Waals surface area contributed by atoms with E-state index < -0.39 is 0 Å². The summed E-state index contributed by atoms with van der Waals surface area (Å²) in [5, 5.41) is 2.97. The number of hydrogen-bond acceptors (Lipinski definition) is 3. The van der Waals surface area contributed by atoms with Gasteiger partial charge in [-0.2, -0.15) is 0 Å². The van der Waals surface area contributed by atoms with Gasteiger partial charge in [-0.1, -0.05) is 24.3 Å². The quantitative estimate of drug-likeness (QED) is 0.903. The molecule has 1 aromatic heterocycles. The van der Waals surface area contributed by atoms with Crippen molar-refractivity contribution in [3.05, 3.63) is 54.1 Å². The molecule has 2 aliphatic rings. The molecule has 1 aliphatic carbocycles. The van der Waals surface area contributed by atoms with Gasteiger partial charge in [-0.05, 0) is 24.0 Å². The third-order valence-corrected chi connectivity index (χ3v) is 4.88. The zero-order valence-corrected chi connectivity index (χ0v) is 13.4. The standard InChI is InChI=1S/C18H20N4O2/c23-17(11-21-6-5-19-12-21)20-15-9-18(24)22(10-15)16-7-13-3-1-2-4-14(13)8-16/h1-6,12,15-16H,7-11H2,(H,20,23). The molecule has 0 spiro atoms. The van der Waals surface area contributed by atoms with Gasteiger partial charge in [0.15, 0.2) is 0 Å². The summed E-state index contributed by atoms with van der Waals surface area (Å²) in [6.07, 6.45) is 7.23. The number of benzene rings is 1. The van der Waals surface area contributed by atoms with E-state index in [-0.39, 0.29) is 30.4 Å². The highest BCUT2D eigenvalue weighted by Gasteiger charge is 2.37. The minimum absolute atomic E-state index is 0.0811. The molecule has 1 N–H and O–H groups in total. The van der Waals surface area contributed by atoms with Crippen molar-refractivity contribution in [1.29, 1.82) is 0 Å². The molecule has 1 aromatic carbocycles.